The van der Waals surface area contributed by atoms with Crippen molar-refractivity contribution in [3.8, 4) is 5.75 Å². The van der Waals surface area contributed by atoms with Crippen molar-refractivity contribution in [2.45, 2.75) is 32.6 Å². The van der Waals surface area contributed by atoms with Crippen LogP contribution in [-0.2, 0) is 11.8 Å². The van der Waals surface area contributed by atoms with Crippen LogP contribution in [0, 0.1) is 17.2 Å². The Bertz CT molecular complexity index is 797. The summed E-state index contributed by atoms with van der Waals surface area (Å²) in [5.41, 5.74) is 4.43. The minimum atomic E-state index is 0.292. The number of rotatable bonds is 6. The summed E-state index contributed by atoms with van der Waals surface area (Å²) in [6.07, 6.45) is 4.83. The first kappa shape index (κ1) is 17.5. The summed E-state index contributed by atoms with van der Waals surface area (Å²) < 4.78 is 5.35. The molecule has 3 rings (SSSR count). The van der Waals surface area contributed by atoms with E-state index >= 15 is 0 Å². The normalized spacial score (nSPS) is 25.1. The maximum atomic E-state index is 8.33. The van der Waals surface area contributed by atoms with Crippen molar-refractivity contribution in [1.29, 1.82) is 5.41 Å². The summed E-state index contributed by atoms with van der Waals surface area (Å²) >= 11 is 0. The van der Waals surface area contributed by atoms with Crippen molar-refractivity contribution in [3.05, 3.63) is 77.4 Å². The van der Waals surface area contributed by atoms with Gasteiger partial charge >= 0.3 is 0 Å². The summed E-state index contributed by atoms with van der Waals surface area (Å²) in [6, 6.07) is 16.4. The fourth-order valence-corrected chi connectivity index (χ4v) is 3.96. The van der Waals surface area contributed by atoms with Gasteiger partial charge in [0.25, 0.3) is 0 Å². The summed E-state index contributed by atoms with van der Waals surface area (Å²) in [6.45, 7) is 7.06. The summed E-state index contributed by atoms with van der Waals surface area (Å²) in [7, 11) is 1.64. The molecule has 25 heavy (non-hydrogen) atoms. The van der Waals surface area contributed by atoms with Gasteiger partial charge in [-0.05, 0) is 53.0 Å². The highest BCUT2D eigenvalue weighted by Gasteiger charge is 2.56. The zero-order valence-electron chi connectivity index (χ0n) is 15.5. The number of para-hydroxylation sites is 1. The molecule has 2 aromatic carbocycles. The monoisotopic (exact) mass is 333 g/mol. The van der Waals surface area contributed by atoms with Crippen molar-refractivity contribution in [2.24, 2.45) is 11.8 Å². The molecule has 0 saturated heterocycles. The number of hydrogen-bond acceptors (Lipinski definition) is 2. The lowest BCUT2D eigenvalue weighted by Crippen LogP contribution is -2.08. The van der Waals surface area contributed by atoms with E-state index in [0.717, 1.165) is 29.6 Å². The minimum Gasteiger partial charge on any atom is -0.496 e. The highest BCUT2D eigenvalue weighted by Crippen LogP contribution is 2.59. The molecule has 1 aliphatic rings. The van der Waals surface area contributed by atoms with Crippen molar-refractivity contribution in [3.63, 3.8) is 0 Å². The predicted molar refractivity (Wildman–Crippen MR) is 105 cm³/mol. The van der Waals surface area contributed by atoms with Crippen molar-refractivity contribution >= 4 is 5.71 Å². The molecule has 0 radical (unpaired) electrons. The van der Waals surface area contributed by atoms with E-state index in [1.807, 2.05) is 30.3 Å². The van der Waals surface area contributed by atoms with E-state index in [2.05, 4.69) is 51.1 Å². The molecule has 0 spiro atoms. The van der Waals surface area contributed by atoms with E-state index in [4.69, 9.17) is 10.1 Å². The molecule has 130 valence electrons. The Morgan fingerprint density at radius 3 is 2.40 bits per heavy atom. The van der Waals surface area contributed by atoms with Crippen LogP contribution in [0.2, 0.25) is 0 Å². The van der Waals surface area contributed by atoms with Crippen LogP contribution in [0.4, 0.5) is 0 Å². The number of benzene rings is 2. The SMILES string of the molecule is COc1ccccc1C(=N)/C=C\Cc1ccccc1C1(C)C(C)C1C. The third kappa shape index (κ3) is 3.13. The van der Waals surface area contributed by atoms with Crippen molar-refractivity contribution in [1.82, 2.24) is 0 Å². The zero-order valence-corrected chi connectivity index (χ0v) is 15.5. The zero-order chi connectivity index (χ0) is 18.0. The van der Waals surface area contributed by atoms with Gasteiger partial charge in [0, 0.05) is 5.56 Å². The highest BCUT2D eigenvalue weighted by molar-refractivity contribution is 6.08. The topological polar surface area (TPSA) is 33.1 Å². The minimum absolute atomic E-state index is 0.292. The average molecular weight is 333 g/mol. The molecule has 1 aliphatic carbocycles. The first-order valence-electron chi connectivity index (χ1n) is 8.97. The van der Waals surface area contributed by atoms with Gasteiger partial charge in [0.15, 0.2) is 0 Å². The smallest absolute Gasteiger partial charge is 0.128 e. The van der Waals surface area contributed by atoms with E-state index in [-0.39, 0.29) is 0 Å². The fourth-order valence-electron chi connectivity index (χ4n) is 3.96. The first-order chi connectivity index (χ1) is 12.0. The lowest BCUT2D eigenvalue weighted by Gasteiger charge is -2.16. The molecule has 2 heteroatoms. The molecule has 0 bridgehead atoms. The molecule has 1 saturated carbocycles. The molecule has 2 atom stereocenters. The van der Waals surface area contributed by atoms with E-state index in [9.17, 15) is 0 Å². The number of allylic oxidation sites excluding steroid dienone is 2. The molecule has 1 fully saturated rings. The van der Waals surface area contributed by atoms with Gasteiger partial charge in [0.1, 0.15) is 5.75 Å². The van der Waals surface area contributed by atoms with Crippen LogP contribution in [0.25, 0.3) is 0 Å². The third-order valence-corrected chi connectivity index (χ3v) is 6.15. The van der Waals surface area contributed by atoms with Gasteiger partial charge in [-0.3, -0.25) is 0 Å². The molecule has 2 nitrogen and oxygen atoms in total. The Morgan fingerprint density at radius 1 is 1.08 bits per heavy atom. The Morgan fingerprint density at radius 2 is 1.72 bits per heavy atom. The van der Waals surface area contributed by atoms with Gasteiger partial charge in [-0.25, -0.2) is 0 Å². The van der Waals surface area contributed by atoms with Gasteiger partial charge in [-0.2, -0.15) is 0 Å². The summed E-state index contributed by atoms with van der Waals surface area (Å²) in [5.74, 6) is 2.19. The Labute approximate surface area is 151 Å². The number of nitrogens with one attached hydrogen (secondary N) is 1. The quantitative estimate of drug-likeness (QED) is 0.705. The van der Waals surface area contributed by atoms with Crippen LogP contribution >= 0.6 is 0 Å². The van der Waals surface area contributed by atoms with Crippen LogP contribution in [-0.4, -0.2) is 12.8 Å². The molecule has 0 amide bonds. The van der Waals surface area contributed by atoms with Crippen LogP contribution < -0.4 is 4.74 Å². The number of hydrogen-bond donors (Lipinski definition) is 1. The molecule has 0 aromatic heterocycles. The summed E-state index contributed by atoms with van der Waals surface area (Å²) in [5, 5.41) is 8.33. The first-order valence-corrected chi connectivity index (χ1v) is 8.97. The molecular formula is C23H27NO. The number of methoxy groups -OCH3 is 1. The van der Waals surface area contributed by atoms with E-state index in [1.165, 1.54) is 11.1 Å². The second-order valence-corrected chi connectivity index (χ2v) is 7.24. The lowest BCUT2D eigenvalue weighted by molar-refractivity contribution is 0.414. The number of ether oxygens (including phenoxy) is 1. The largest absolute Gasteiger partial charge is 0.496 e. The fraction of sp³-hybridized carbons (Fsp3) is 0.348. The maximum absolute atomic E-state index is 8.33. The highest BCUT2D eigenvalue weighted by atomic mass is 16.5. The molecule has 0 heterocycles. The average Bonchev–Trinajstić information content (AvgIpc) is 3.13. The molecule has 2 unspecified atom stereocenters. The maximum Gasteiger partial charge on any atom is 0.128 e. The van der Waals surface area contributed by atoms with Gasteiger partial charge < -0.3 is 10.1 Å². The van der Waals surface area contributed by atoms with Gasteiger partial charge in [-0.15, -0.1) is 0 Å². The second-order valence-electron chi connectivity index (χ2n) is 7.24. The Kier molecular flexibility index (Phi) is 4.80. The van der Waals surface area contributed by atoms with Crippen molar-refractivity contribution in [2.75, 3.05) is 7.11 Å². The third-order valence-electron chi connectivity index (χ3n) is 6.15. The van der Waals surface area contributed by atoms with Gasteiger partial charge in [0.05, 0.1) is 12.8 Å². The van der Waals surface area contributed by atoms with Crippen LogP contribution in [0.1, 0.15) is 37.5 Å². The molecule has 1 N–H and O–H groups in total. The van der Waals surface area contributed by atoms with Crippen molar-refractivity contribution < 1.29 is 4.74 Å². The van der Waals surface area contributed by atoms with Gasteiger partial charge in [0.2, 0.25) is 0 Å². The van der Waals surface area contributed by atoms with Gasteiger partial charge in [-0.1, -0.05) is 63.2 Å². The Balaban J connectivity index is 1.77. The molecule has 2 aromatic rings. The lowest BCUT2D eigenvalue weighted by atomic mass is 9.88. The van der Waals surface area contributed by atoms with Crippen LogP contribution in [0.15, 0.2) is 60.7 Å². The van der Waals surface area contributed by atoms with Crippen LogP contribution in [0.5, 0.6) is 5.75 Å². The standard InChI is InChI=1S/C23H27NO/c1-16-17(2)23(16,3)20-13-7-5-10-18(20)11-9-14-21(24)19-12-6-8-15-22(19)25-4/h5-10,12-17,24H,11H2,1-4H3/b14-9-,24-21?. The predicted octanol–water partition coefficient (Wildman–Crippen LogP) is 5.41. The van der Waals surface area contributed by atoms with E-state index in [0.29, 0.717) is 11.1 Å². The van der Waals surface area contributed by atoms with E-state index in [1.54, 1.807) is 7.11 Å². The Hall–Kier alpha value is -2.35. The molecular weight excluding hydrogens is 306 g/mol. The molecule has 0 aliphatic heterocycles. The summed E-state index contributed by atoms with van der Waals surface area (Å²) in [4.78, 5) is 0. The van der Waals surface area contributed by atoms with E-state index < -0.39 is 0 Å². The second kappa shape index (κ2) is 6.87. The van der Waals surface area contributed by atoms with Crippen LogP contribution in [0.3, 0.4) is 0 Å².